The molecule has 2 heterocycles. The number of phenolic OH excluding ortho intramolecular Hbond substituents is 1. The average Bonchev–Trinajstić information content (AvgIpc) is 3.05. The summed E-state index contributed by atoms with van der Waals surface area (Å²) in [4.78, 5) is 11.4. The molecular weight excluding hydrogens is 361 g/mol. The lowest BCUT2D eigenvalue weighted by Gasteiger charge is -2.18. The van der Waals surface area contributed by atoms with Gasteiger partial charge in [-0.3, -0.25) is 4.79 Å². The third kappa shape index (κ3) is 3.54. The highest BCUT2D eigenvalue weighted by Gasteiger charge is 2.37. The Kier molecular flexibility index (Phi) is 4.94. The monoisotopic (exact) mass is 383 g/mol. The van der Waals surface area contributed by atoms with Crippen molar-refractivity contribution in [2.24, 2.45) is 11.8 Å². The minimum atomic E-state index is -4.20. The number of benzene rings is 1. The number of nitrogens with one attached hydrogen (secondary N) is 2. The number of anilines is 1. The van der Waals surface area contributed by atoms with Gasteiger partial charge in [-0.25, -0.2) is 13.4 Å². The zero-order valence-corrected chi connectivity index (χ0v) is 15.4. The van der Waals surface area contributed by atoms with E-state index in [-0.39, 0.29) is 11.5 Å². The van der Waals surface area contributed by atoms with Gasteiger partial charge in [-0.2, -0.15) is 8.42 Å². The van der Waals surface area contributed by atoms with Crippen LogP contribution in [-0.4, -0.2) is 39.1 Å². The lowest BCUT2D eigenvalue weighted by molar-refractivity contribution is -0.117. The Bertz CT molecular complexity index is 867. The molecule has 1 aromatic carbocycles. The van der Waals surface area contributed by atoms with E-state index in [0.29, 0.717) is 16.8 Å². The molecular formula is C17H22FN3O4S. The Labute approximate surface area is 152 Å². The van der Waals surface area contributed by atoms with E-state index in [9.17, 15) is 18.3 Å². The predicted octanol–water partition coefficient (Wildman–Crippen LogP) is 1.36. The van der Waals surface area contributed by atoms with Gasteiger partial charge >= 0.3 is 10.2 Å². The van der Waals surface area contributed by atoms with Crippen LogP contribution in [0.25, 0.3) is 6.08 Å². The van der Waals surface area contributed by atoms with Crippen LogP contribution in [0.4, 0.5) is 10.1 Å². The quantitative estimate of drug-likeness (QED) is 0.729. The Morgan fingerprint density at radius 3 is 2.77 bits per heavy atom. The molecule has 2 fully saturated rings. The maximum absolute atomic E-state index is 15.0. The molecule has 0 aromatic heterocycles. The van der Waals surface area contributed by atoms with Crippen LogP contribution in [0, 0.1) is 17.7 Å². The molecule has 2 saturated heterocycles. The van der Waals surface area contributed by atoms with Crippen LogP contribution in [0.3, 0.4) is 0 Å². The van der Waals surface area contributed by atoms with Crippen LogP contribution in [0.1, 0.15) is 25.8 Å². The van der Waals surface area contributed by atoms with Gasteiger partial charge in [0.15, 0.2) is 5.82 Å². The van der Waals surface area contributed by atoms with E-state index in [1.54, 1.807) is 10.8 Å². The Morgan fingerprint density at radius 2 is 2.15 bits per heavy atom. The van der Waals surface area contributed by atoms with Gasteiger partial charge in [-0.1, -0.05) is 25.5 Å². The molecule has 0 spiro atoms. The van der Waals surface area contributed by atoms with Crippen LogP contribution < -0.4 is 14.3 Å². The van der Waals surface area contributed by atoms with Crippen molar-refractivity contribution < 1.29 is 22.7 Å². The highest BCUT2D eigenvalue weighted by Crippen LogP contribution is 2.36. The van der Waals surface area contributed by atoms with Crippen molar-refractivity contribution in [3.05, 3.63) is 29.1 Å². The lowest BCUT2D eigenvalue weighted by Crippen LogP contribution is -2.30. The first-order valence-corrected chi connectivity index (χ1v) is 9.89. The van der Waals surface area contributed by atoms with Crippen molar-refractivity contribution in [3.8, 4) is 5.75 Å². The second kappa shape index (κ2) is 6.88. The smallest absolute Gasteiger partial charge is 0.326 e. The van der Waals surface area contributed by atoms with E-state index in [2.05, 4.69) is 19.2 Å². The van der Waals surface area contributed by atoms with Crippen molar-refractivity contribution >= 4 is 27.9 Å². The van der Waals surface area contributed by atoms with E-state index < -0.39 is 39.9 Å². The SMILES string of the molecule is CC(C)CC1CNC/C1=C\c1ccc(O)c(N2CC(=O)NS2(=O)=O)c1F. The predicted molar refractivity (Wildman–Crippen MR) is 96.3 cm³/mol. The standard InChI is InChI=1S/C17H22FN3O4S/c1-10(2)5-12-7-19-8-13(12)6-11-3-4-14(22)17(16(11)18)21-9-15(23)20-26(21,24)25/h3-4,6,10,12,19,22H,5,7-9H2,1-2H3,(H,20,23)/b13-6+. The zero-order chi connectivity index (χ0) is 19.1. The molecule has 9 heteroatoms. The summed E-state index contributed by atoms with van der Waals surface area (Å²) in [5.74, 6) is -1.40. The van der Waals surface area contributed by atoms with Gasteiger partial charge in [0.25, 0.3) is 5.91 Å². The number of carbonyl (C=O) groups is 1. The number of hydrogen-bond donors (Lipinski definition) is 3. The van der Waals surface area contributed by atoms with Crippen molar-refractivity contribution in [1.29, 1.82) is 0 Å². The zero-order valence-electron chi connectivity index (χ0n) is 14.6. The molecule has 0 saturated carbocycles. The molecule has 1 atom stereocenters. The summed E-state index contributed by atoms with van der Waals surface area (Å²) in [6, 6.07) is 2.65. The summed E-state index contributed by atoms with van der Waals surface area (Å²) in [5.41, 5.74) is 0.705. The van der Waals surface area contributed by atoms with Gasteiger partial charge in [0.2, 0.25) is 0 Å². The van der Waals surface area contributed by atoms with Crippen LogP contribution in [0.5, 0.6) is 5.75 Å². The molecule has 0 radical (unpaired) electrons. The number of hydrogen-bond acceptors (Lipinski definition) is 5. The maximum Gasteiger partial charge on any atom is 0.326 e. The normalized spacial score (nSPS) is 23.8. The summed E-state index contributed by atoms with van der Waals surface area (Å²) in [5, 5.41) is 13.3. The van der Waals surface area contributed by atoms with Gasteiger partial charge in [-0.15, -0.1) is 0 Å². The number of rotatable bonds is 4. The lowest BCUT2D eigenvalue weighted by atomic mass is 9.91. The van der Waals surface area contributed by atoms with Gasteiger partial charge in [-0.05, 0) is 30.4 Å². The maximum atomic E-state index is 15.0. The minimum Gasteiger partial charge on any atom is -0.506 e. The average molecular weight is 383 g/mol. The first-order valence-electron chi connectivity index (χ1n) is 8.45. The number of halogens is 1. The largest absolute Gasteiger partial charge is 0.506 e. The van der Waals surface area contributed by atoms with Crippen LogP contribution in [-0.2, 0) is 15.0 Å². The van der Waals surface area contributed by atoms with Crippen molar-refractivity contribution in [2.45, 2.75) is 20.3 Å². The molecule has 0 aliphatic carbocycles. The summed E-state index contributed by atoms with van der Waals surface area (Å²) in [6.07, 6.45) is 2.66. The third-order valence-corrected chi connectivity index (χ3v) is 5.91. The van der Waals surface area contributed by atoms with Gasteiger partial charge in [0.1, 0.15) is 18.0 Å². The van der Waals surface area contributed by atoms with E-state index >= 15 is 4.39 Å². The Morgan fingerprint density at radius 1 is 1.42 bits per heavy atom. The summed E-state index contributed by atoms with van der Waals surface area (Å²) in [7, 11) is -4.20. The second-order valence-electron chi connectivity index (χ2n) is 7.05. The molecule has 3 rings (SSSR count). The van der Waals surface area contributed by atoms with Crippen molar-refractivity contribution in [1.82, 2.24) is 10.0 Å². The fraction of sp³-hybridized carbons (Fsp3) is 0.471. The van der Waals surface area contributed by atoms with Crippen LogP contribution in [0.15, 0.2) is 17.7 Å². The first kappa shape index (κ1) is 18.7. The fourth-order valence-electron chi connectivity index (χ4n) is 3.40. The van der Waals surface area contributed by atoms with Crippen molar-refractivity contribution in [3.63, 3.8) is 0 Å². The highest BCUT2D eigenvalue weighted by molar-refractivity contribution is 7.92. The topological polar surface area (TPSA) is 98.7 Å². The molecule has 142 valence electrons. The fourth-order valence-corrected chi connectivity index (χ4v) is 4.57. The van der Waals surface area contributed by atoms with Crippen molar-refractivity contribution in [2.75, 3.05) is 23.9 Å². The second-order valence-corrected chi connectivity index (χ2v) is 8.65. The molecule has 2 aliphatic heterocycles. The summed E-state index contributed by atoms with van der Waals surface area (Å²) < 4.78 is 41.4. The van der Waals surface area contributed by atoms with Gasteiger partial charge in [0, 0.05) is 18.7 Å². The van der Waals surface area contributed by atoms with E-state index in [4.69, 9.17) is 0 Å². The number of carbonyl (C=O) groups excluding carboxylic acids is 1. The molecule has 3 N–H and O–H groups in total. The van der Waals surface area contributed by atoms with Gasteiger partial charge < -0.3 is 10.4 Å². The number of nitrogens with zero attached hydrogens (tertiary/aromatic N) is 1. The van der Waals surface area contributed by atoms with E-state index in [0.717, 1.165) is 18.5 Å². The molecule has 0 bridgehead atoms. The first-order chi connectivity index (χ1) is 12.2. The Balaban J connectivity index is 2.01. The Hall–Kier alpha value is -2.13. The molecule has 7 nitrogen and oxygen atoms in total. The molecule has 2 aliphatic rings. The minimum absolute atomic E-state index is 0.180. The third-order valence-electron chi connectivity index (χ3n) is 4.54. The molecule has 1 amide bonds. The number of phenols is 1. The summed E-state index contributed by atoms with van der Waals surface area (Å²) >= 11 is 0. The molecule has 1 unspecified atom stereocenters. The number of aromatic hydroxyl groups is 1. The van der Waals surface area contributed by atoms with Gasteiger partial charge in [0.05, 0.1) is 0 Å². The molecule has 26 heavy (non-hydrogen) atoms. The van der Waals surface area contributed by atoms with E-state index in [1.165, 1.54) is 12.1 Å². The highest BCUT2D eigenvalue weighted by atomic mass is 32.2. The summed E-state index contributed by atoms with van der Waals surface area (Å²) in [6.45, 7) is 5.13. The van der Waals surface area contributed by atoms with Crippen LogP contribution in [0.2, 0.25) is 0 Å². The number of amides is 1. The molecule has 1 aromatic rings. The van der Waals surface area contributed by atoms with Crippen LogP contribution >= 0.6 is 0 Å². The van der Waals surface area contributed by atoms with E-state index in [1.807, 2.05) is 0 Å².